The molecule has 0 spiro atoms. The molecule has 1 fully saturated rings. The molecule has 2 heterocycles. The van der Waals surface area contributed by atoms with E-state index in [1.807, 2.05) is 0 Å². The summed E-state index contributed by atoms with van der Waals surface area (Å²) in [5.41, 5.74) is 1.65. The molecule has 0 aliphatic carbocycles. The maximum absolute atomic E-state index is 13.0. The van der Waals surface area contributed by atoms with Crippen LogP contribution in [0.3, 0.4) is 0 Å². The topological polar surface area (TPSA) is 78.0 Å². The molecule has 1 aromatic rings. The van der Waals surface area contributed by atoms with E-state index in [-0.39, 0.29) is 23.1 Å². The van der Waals surface area contributed by atoms with Crippen LogP contribution >= 0.6 is 0 Å². The third-order valence-electron chi connectivity index (χ3n) is 5.91. The lowest BCUT2D eigenvalue weighted by atomic mass is 10.2. The smallest absolute Gasteiger partial charge is 0.223 e. The fourth-order valence-electron chi connectivity index (χ4n) is 4.14. The van der Waals surface area contributed by atoms with Gasteiger partial charge in [0.25, 0.3) is 0 Å². The largest absolute Gasteiger partial charge is 0.340 e. The highest BCUT2D eigenvalue weighted by atomic mass is 32.2. The van der Waals surface area contributed by atoms with Crippen LogP contribution in [0.4, 0.5) is 5.69 Å². The fourth-order valence-corrected chi connectivity index (χ4v) is 5.53. The van der Waals surface area contributed by atoms with Crippen molar-refractivity contribution in [2.45, 2.75) is 50.2 Å². The number of piperazine rings is 1. The zero-order chi connectivity index (χ0) is 21.2. The Hall–Kier alpha value is -1.93. The zero-order valence-electron chi connectivity index (χ0n) is 17.6. The number of amides is 2. The number of anilines is 1. The first-order valence-corrected chi connectivity index (χ1v) is 11.9. The summed E-state index contributed by atoms with van der Waals surface area (Å²) >= 11 is 0. The van der Waals surface area contributed by atoms with Gasteiger partial charge in [0.15, 0.2) is 9.84 Å². The Balaban J connectivity index is 1.65. The summed E-state index contributed by atoms with van der Waals surface area (Å²) in [5.74, 6) is -0.140. The van der Waals surface area contributed by atoms with Gasteiger partial charge in [-0.1, -0.05) is 6.92 Å². The Morgan fingerprint density at radius 2 is 1.79 bits per heavy atom. The zero-order valence-corrected chi connectivity index (χ0v) is 18.4. The average molecular weight is 422 g/mol. The molecule has 1 aromatic carbocycles. The summed E-state index contributed by atoms with van der Waals surface area (Å²) in [5, 5.41) is -0.785. The van der Waals surface area contributed by atoms with Crippen molar-refractivity contribution in [3.05, 3.63) is 23.8 Å². The summed E-state index contributed by atoms with van der Waals surface area (Å²) in [6.07, 6.45) is 1.73. The van der Waals surface area contributed by atoms with E-state index in [4.69, 9.17) is 0 Å². The lowest BCUT2D eigenvalue weighted by Gasteiger charge is -2.35. The van der Waals surface area contributed by atoms with Crippen LogP contribution in [-0.2, 0) is 25.8 Å². The minimum Gasteiger partial charge on any atom is -0.340 e. The van der Waals surface area contributed by atoms with Crippen molar-refractivity contribution in [3.8, 4) is 0 Å². The lowest BCUT2D eigenvalue weighted by molar-refractivity contribution is -0.132. The van der Waals surface area contributed by atoms with E-state index >= 15 is 0 Å². The predicted molar refractivity (Wildman–Crippen MR) is 113 cm³/mol. The van der Waals surface area contributed by atoms with Crippen molar-refractivity contribution >= 4 is 27.3 Å². The Morgan fingerprint density at radius 1 is 1.10 bits per heavy atom. The fraction of sp³-hybridized carbons (Fsp3) is 0.619. The molecular formula is C21H31N3O4S. The van der Waals surface area contributed by atoms with Gasteiger partial charge in [0.05, 0.1) is 10.1 Å². The number of nitrogens with zero attached hydrogens (tertiary/aromatic N) is 3. The molecule has 0 radical (unpaired) electrons. The van der Waals surface area contributed by atoms with Gasteiger partial charge in [-0.2, -0.15) is 0 Å². The van der Waals surface area contributed by atoms with Crippen LogP contribution in [0.15, 0.2) is 23.1 Å². The highest BCUT2D eigenvalue weighted by Crippen LogP contribution is 2.31. The first-order chi connectivity index (χ1) is 13.7. The van der Waals surface area contributed by atoms with Gasteiger partial charge in [-0.3, -0.25) is 14.5 Å². The van der Waals surface area contributed by atoms with Crippen molar-refractivity contribution in [2.75, 3.05) is 44.2 Å². The Labute approximate surface area is 173 Å². The quantitative estimate of drug-likeness (QED) is 0.699. The van der Waals surface area contributed by atoms with E-state index in [9.17, 15) is 18.0 Å². The SMILES string of the molecule is CCCN1CCN(C(=O)C[C@@H](C)S(=O)(=O)c2ccc3c(c2)CCN3C(C)=O)CC1. The van der Waals surface area contributed by atoms with Crippen LogP contribution in [0.1, 0.15) is 39.2 Å². The van der Waals surface area contributed by atoms with Crippen LogP contribution in [-0.4, -0.2) is 74.6 Å². The van der Waals surface area contributed by atoms with Crippen LogP contribution in [0.2, 0.25) is 0 Å². The second kappa shape index (κ2) is 8.83. The van der Waals surface area contributed by atoms with Gasteiger partial charge < -0.3 is 9.80 Å². The Morgan fingerprint density at radius 3 is 2.41 bits per heavy atom. The van der Waals surface area contributed by atoms with Gasteiger partial charge in [-0.15, -0.1) is 0 Å². The number of fused-ring (bicyclic) bond motifs is 1. The van der Waals surface area contributed by atoms with Crippen LogP contribution in [0.5, 0.6) is 0 Å². The second-order valence-corrected chi connectivity index (χ2v) is 10.4. The van der Waals surface area contributed by atoms with Gasteiger partial charge in [-0.25, -0.2) is 8.42 Å². The molecule has 0 unspecified atom stereocenters. The van der Waals surface area contributed by atoms with Crippen molar-refractivity contribution in [1.29, 1.82) is 0 Å². The van der Waals surface area contributed by atoms with Crippen LogP contribution in [0.25, 0.3) is 0 Å². The third-order valence-corrected chi connectivity index (χ3v) is 8.05. The molecule has 0 bridgehead atoms. The monoisotopic (exact) mass is 421 g/mol. The van der Waals surface area contributed by atoms with Crippen molar-refractivity contribution < 1.29 is 18.0 Å². The number of sulfone groups is 1. The van der Waals surface area contributed by atoms with E-state index in [2.05, 4.69) is 11.8 Å². The first kappa shape index (κ1) is 21.8. The van der Waals surface area contributed by atoms with E-state index in [1.54, 1.807) is 34.9 Å². The normalized spacial score (nSPS) is 18.6. The molecule has 0 N–H and O–H groups in total. The van der Waals surface area contributed by atoms with E-state index in [0.717, 1.165) is 37.3 Å². The van der Waals surface area contributed by atoms with Crippen molar-refractivity contribution in [3.63, 3.8) is 0 Å². The minimum absolute atomic E-state index is 0.00718. The number of carbonyl (C=O) groups excluding carboxylic acids is 2. The van der Waals surface area contributed by atoms with Crippen molar-refractivity contribution in [2.24, 2.45) is 0 Å². The second-order valence-electron chi connectivity index (χ2n) is 7.99. The third kappa shape index (κ3) is 4.64. The molecule has 2 aliphatic rings. The lowest BCUT2D eigenvalue weighted by Crippen LogP contribution is -2.49. The molecule has 8 heteroatoms. The summed E-state index contributed by atoms with van der Waals surface area (Å²) in [7, 11) is -3.61. The molecule has 29 heavy (non-hydrogen) atoms. The molecule has 3 rings (SSSR count). The maximum atomic E-state index is 13.0. The standard InChI is InChI=1S/C21H31N3O4S/c1-4-8-22-10-12-23(13-11-22)21(26)14-16(2)29(27,28)19-5-6-20-18(15-19)7-9-24(20)17(3)25/h5-6,15-16H,4,7-14H2,1-3H3/t16-/m1/s1. The van der Waals surface area contributed by atoms with Gasteiger partial charge in [0.2, 0.25) is 11.8 Å². The molecule has 1 saturated heterocycles. The van der Waals surface area contributed by atoms with Crippen LogP contribution in [0, 0.1) is 0 Å². The first-order valence-electron chi connectivity index (χ1n) is 10.4. The molecule has 2 aliphatic heterocycles. The molecule has 2 amide bonds. The highest BCUT2D eigenvalue weighted by Gasteiger charge is 2.31. The van der Waals surface area contributed by atoms with E-state index < -0.39 is 15.1 Å². The molecule has 0 saturated carbocycles. The van der Waals surface area contributed by atoms with Crippen molar-refractivity contribution in [1.82, 2.24) is 9.80 Å². The van der Waals surface area contributed by atoms with Gasteiger partial charge in [0, 0.05) is 51.8 Å². The minimum atomic E-state index is -3.61. The summed E-state index contributed by atoms with van der Waals surface area (Å²) < 4.78 is 26.1. The van der Waals surface area contributed by atoms with Crippen LogP contribution < -0.4 is 4.90 Å². The molecule has 160 valence electrons. The van der Waals surface area contributed by atoms with Gasteiger partial charge in [0.1, 0.15) is 0 Å². The molecule has 0 aromatic heterocycles. The van der Waals surface area contributed by atoms with E-state index in [0.29, 0.717) is 26.1 Å². The van der Waals surface area contributed by atoms with Gasteiger partial charge in [-0.05, 0) is 50.1 Å². The highest BCUT2D eigenvalue weighted by molar-refractivity contribution is 7.92. The summed E-state index contributed by atoms with van der Waals surface area (Å²) in [6.45, 7) is 9.87. The Kier molecular flexibility index (Phi) is 6.63. The molecule has 7 nitrogen and oxygen atoms in total. The number of benzene rings is 1. The average Bonchev–Trinajstić information content (AvgIpc) is 3.12. The summed E-state index contributed by atoms with van der Waals surface area (Å²) in [4.78, 5) is 30.4. The molecular weight excluding hydrogens is 390 g/mol. The predicted octanol–water partition coefficient (Wildman–Crippen LogP) is 1.70. The number of hydrogen-bond acceptors (Lipinski definition) is 5. The number of rotatable bonds is 6. The molecule has 1 atom stereocenters. The van der Waals surface area contributed by atoms with E-state index in [1.165, 1.54) is 6.92 Å². The number of carbonyl (C=O) groups is 2. The maximum Gasteiger partial charge on any atom is 0.223 e. The Bertz CT molecular complexity index is 876. The number of hydrogen-bond donors (Lipinski definition) is 0. The van der Waals surface area contributed by atoms with Gasteiger partial charge >= 0.3 is 0 Å². The summed E-state index contributed by atoms with van der Waals surface area (Å²) in [6, 6.07) is 4.93.